The van der Waals surface area contributed by atoms with Crippen molar-refractivity contribution in [3.8, 4) is 0 Å². The minimum atomic E-state index is -3.46. The molecule has 2 heterocycles. The van der Waals surface area contributed by atoms with Gasteiger partial charge in [-0.05, 0) is 52.9 Å². The number of anilines is 1. The Morgan fingerprint density at radius 2 is 2.20 bits per heavy atom. The van der Waals surface area contributed by atoms with Crippen molar-refractivity contribution in [3.63, 3.8) is 0 Å². The molecule has 0 unspecified atom stereocenters. The smallest absolute Gasteiger partial charge is 0.240 e. The molecule has 0 amide bonds. The Bertz CT molecular complexity index is 694. The van der Waals surface area contributed by atoms with Crippen LogP contribution in [0.15, 0.2) is 39.9 Å². The van der Waals surface area contributed by atoms with E-state index in [0.717, 1.165) is 30.6 Å². The maximum absolute atomic E-state index is 12.3. The van der Waals surface area contributed by atoms with Gasteiger partial charge in [-0.3, -0.25) is 0 Å². The molecule has 2 N–H and O–H groups in total. The highest BCUT2D eigenvalue weighted by Crippen LogP contribution is 2.25. The Morgan fingerprint density at radius 3 is 3.00 bits per heavy atom. The lowest BCUT2D eigenvalue weighted by Gasteiger charge is -2.18. The molecule has 1 aliphatic heterocycles. The van der Waals surface area contributed by atoms with E-state index >= 15 is 0 Å². The van der Waals surface area contributed by atoms with Crippen molar-refractivity contribution in [1.29, 1.82) is 0 Å². The van der Waals surface area contributed by atoms with Gasteiger partial charge in [0.25, 0.3) is 0 Å². The Balaban J connectivity index is 1.80. The average Bonchev–Trinajstić information content (AvgIpc) is 2.98. The third-order valence-corrected chi connectivity index (χ3v) is 5.51. The SMILES string of the molecule is O=S(=O)(NCc1ccsc1)c1ccc2c(c1)NCCC2. The molecule has 6 heteroatoms. The fourth-order valence-electron chi connectivity index (χ4n) is 2.26. The molecule has 1 aromatic heterocycles. The predicted octanol–water partition coefficient (Wildman–Crippen LogP) is 2.58. The zero-order chi connectivity index (χ0) is 14.0. The molecular weight excluding hydrogens is 292 g/mol. The van der Waals surface area contributed by atoms with E-state index in [1.807, 2.05) is 22.9 Å². The third-order valence-electron chi connectivity index (χ3n) is 3.38. The van der Waals surface area contributed by atoms with Crippen LogP contribution in [0.1, 0.15) is 17.5 Å². The van der Waals surface area contributed by atoms with E-state index in [0.29, 0.717) is 11.4 Å². The number of hydrogen-bond acceptors (Lipinski definition) is 4. The first-order chi connectivity index (χ1) is 9.65. The molecule has 0 bridgehead atoms. The second-order valence-corrected chi connectivity index (χ2v) is 7.35. The van der Waals surface area contributed by atoms with E-state index in [1.54, 1.807) is 23.5 Å². The molecule has 0 saturated carbocycles. The minimum Gasteiger partial charge on any atom is -0.385 e. The largest absolute Gasteiger partial charge is 0.385 e. The van der Waals surface area contributed by atoms with Crippen molar-refractivity contribution >= 4 is 27.0 Å². The van der Waals surface area contributed by atoms with E-state index in [9.17, 15) is 8.42 Å². The van der Waals surface area contributed by atoms with Crippen LogP contribution in [0.2, 0.25) is 0 Å². The molecule has 3 rings (SSSR count). The van der Waals surface area contributed by atoms with Gasteiger partial charge in [0.05, 0.1) is 4.90 Å². The summed E-state index contributed by atoms with van der Waals surface area (Å²) in [7, 11) is -3.46. The highest BCUT2D eigenvalue weighted by Gasteiger charge is 2.17. The zero-order valence-electron chi connectivity index (χ0n) is 10.9. The molecule has 0 aliphatic carbocycles. The molecule has 0 fully saturated rings. The average molecular weight is 308 g/mol. The van der Waals surface area contributed by atoms with Crippen molar-refractivity contribution in [2.75, 3.05) is 11.9 Å². The monoisotopic (exact) mass is 308 g/mol. The number of hydrogen-bond donors (Lipinski definition) is 2. The molecule has 0 radical (unpaired) electrons. The quantitative estimate of drug-likeness (QED) is 0.913. The molecule has 0 spiro atoms. The Labute approximate surface area is 122 Å². The first-order valence-electron chi connectivity index (χ1n) is 6.53. The third kappa shape index (κ3) is 2.87. The summed E-state index contributed by atoms with van der Waals surface area (Å²) in [6.45, 7) is 1.23. The molecule has 106 valence electrons. The van der Waals surface area contributed by atoms with Gasteiger partial charge in [0, 0.05) is 18.8 Å². The summed E-state index contributed by atoms with van der Waals surface area (Å²) in [5, 5.41) is 7.13. The van der Waals surface area contributed by atoms with Crippen LogP contribution < -0.4 is 10.0 Å². The second kappa shape index (κ2) is 5.55. The fraction of sp³-hybridized carbons (Fsp3) is 0.286. The van der Waals surface area contributed by atoms with Crippen molar-refractivity contribution in [3.05, 3.63) is 46.2 Å². The highest BCUT2D eigenvalue weighted by molar-refractivity contribution is 7.89. The number of benzene rings is 1. The van der Waals surface area contributed by atoms with Crippen molar-refractivity contribution in [1.82, 2.24) is 4.72 Å². The van der Waals surface area contributed by atoms with Crippen LogP contribution in [0.3, 0.4) is 0 Å². The molecule has 0 saturated heterocycles. The van der Waals surface area contributed by atoms with Gasteiger partial charge in [-0.15, -0.1) is 0 Å². The summed E-state index contributed by atoms with van der Waals surface area (Å²) in [5.41, 5.74) is 3.11. The standard InChI is InChI=1S/C14H16N2O2S2/c17-20(18,16-9-11-5-7-19-10-11)13-4-3-12-2-1-6-15-14(12)8-13/h3-5,7-8,10,15-16H,1-2,6,9H2. The van der Waals surface area contributed by atoms with Crippen molar-refractivity contribution < 1.29 is 8.42 Å². The number of rotatable bonds is 4. The predicted molar refractivity (Wildman–Crippen MR) is 81.6 cm³/mol. The summed E-state index contributed by atoms with van der Waals surface area (Å²) >= 11 is 1.56. The molecule has 20 heavy (non-hydrogen) atoms. The van der Waals surface area contributed by atoms with Gasteiger partial charge in [-0.2, -0.15) is 11.3 Å². The van der Waals surface area contributed by atoms with Gasteiger partial charge in [0.2, 0.25) is 10.0 Å². The van der Waals surface area contributed by atoms with Crippen LogP contribution in [0.4, 0.5) is 5.69 Å². The van der Waals surface area contributed by atoms with Gasteiger partial charge in [0.1, 0.15) is 0 Å². The van der Waals surface area contributed by atoms with Gasteiger partial charge >= 0.3 is 0 Å². The summed E-state index contributed by atoms with van der Waals surface area (Å²) in [6.07, 6.45) is 2.10. The number of aryl methyl sites for hydroxylation is 1. The van der Waals surface area contributed by atoms with Crippen LogP contribution >= 0.6 is 11.3 Å². The topological polar surface area (TPSA) is 58.2 Å². The number of nitrogens with one attached hydrogen (secondary N) is 2. The first-order valence-corrected chi connectivity index (χ1v) is 8.95. The van der Waals surface area contributed by atoms with Crippen LogP contribution in [0.25, 0.3) is 0 Å². The lowest BCUT2D eigenvalue weighted by atomic mass is 10.0. The van der Waals surface area contributed by atoms with Gasteiger partial charge in [-0.25, -0.2) is 13.1 Å². The van der Waals surface area contributed by atoms with Crippen molar-refractivity contribution in [2.24, 2.45) is 0 Å². The lowest BCUT2D eigenvalue weighted by molar-refractivity contribution is 0.581. The van der Waals surface area contributed by atoms with Gasteiger partial charge < -0.3 is 5.32 Å². The van der Waals surface area contributed by atoms with Crippen LogP contribution in [-0.2, 0) is 23.0 Å². The minimum absolute atomic E-state index is 0.320. The number of thiophene rings is 1. The number of sulfonamides is 1. The maximum atomic E-state index is 12.3. The van der Waals surface area contributed by atoms with E-state index < -0.39 is 10.0 Å². The van der Waals surface area contributed by atoms with Crippen LogP contribution in [-0.4, -0.2) is 15.0 Å². The molecule has 4 nitrogen and oxygen atoms in total. The van der Waals surface area contributed by atoms with E-state index in [2.05, 4.69) is 10.0 Å². The molecule has 0 atom stereocenters. The van der Waals surface area contributed by atoms with E-state index in [1.165, 1.54) is 5.56 Å². The fourth-order valence-corrected chi connectivity index (χ4v) is 3.97. The Morgan fingerprint density at radius 1 is 1.30 bits per heavy atom. The molecular formula is C14H16N2O2S2. The van der Waals surface area contributed by atoms with Crippen LogP contribution in [0.5, 0.6) is 0 Å². The Kier molecular flexibility index (Phi) is 3.78. The van der Waals surface area contributed by atoms with E-state index in [4.69, 9.17) is 0 Å². The summed E-state index contributed by atoms with van der Waals surface area (Å²) in [5.74, 6) is 0. The molecule has 2 aromatic rings. The van der Waals surface area contributed by atoms with E-state index in [-0.39, 0.29) is 0 Å². The van der Waals surface area contributed by atoms with Crippen molar-refractivity contribution in [2.45, 2.75) is 24.3 Å². The van der Waals surface area contributed by atoms with Crippen LogP contribution in [0, 0.1) is 0 Å². The molecule has 1 aromatic carbocycles. The molecule has 1 aliphatic rings. The summed E-state index contributed by atoms with van der Waals surface area (Å²) < 4.78 is 27.2. The normalized spacial score (nSPS) is 14.6. The lowest BCUT2D eigenvalue weighted by Crippen LogP contribution is -2.23. The maximum Gasteiger partial charge on any atom is 0.240 e. The number of fused-ring (bicyclic) bond motifs is 1. The second-order valence-electron chi connectivity index (χ2n) is 4.81. The first kappa shape index (κ1) is 13.6. The summed E-state index contributed by atoms with van der Waals surface area (Å²) in [4.78, 5) is 0.320. The highest BCUT2D eigenvalue weighted by atomic mass is 32.2. The summed E-state index contributed by atoms with van der Waals surface area (Å²) in [6, 6.07) is 7.23. The van der Waals surface area contributed by atoms with Gasteiger partial charge in [0.15, 0.2) is 0 Å². The van der Waals surface area contributed by atoms with Gasteiger partial charge in [-0.1, -0.05) is 6.07 Å². The Hall–Kier alpha value is -1.37. The zero-order valence-corrected chi connectivity index (χ0v) is 12.6.